The fourth-order valence-corrected chi connectivity index (χ4v) is 7.94. The van der Waals surface area contributed by atoms with E-state index in [9.17, 15) is 40.6 Å². The van der Waals surface area contributed by atoms with E-state index < -0.39 is 46.6 Å². The molecule has 2 fully saturated rings. The summed E-state index contributed by atoms with van der Waals surface area (Å²) in [6.45, 7) is 1.70. The van der Waals surface area contributed by atoms with Crippen LogP contribution < -0.4 is 0 Å². The summed E-state index contributed by atoms with van der Waals surface area (Å²) in [5, 5.41) is 11.9. The summed E-state index contributed by atoms with van der Waals surface area (Å²) in [6, 6.07) is 23.8. The van der Waals surface area contributed by atoms with Crippen LogP contribution in [0.5, 0.6) is 0 Å². The van der Waals surface area contributed by atoms with E-state index in [1.165, 1.54) is 17.0 Å². The van der Waals surface area contributed by atoms with Gasteiger partial charge in [0.2, 0.25) is 0 Å². The Morgan fingerprint density at radius 2 is 1.43 bits per heavy atom. The number of piperidine rings is 2. The number of halogens is 7. The lowest BCUT2D eigenvalue weighted by Gasteiger charge is -2.47. The van der Waals surface area contributed by atoms with E-state index in [-0.39, 0.29) is 24.5 Å². The number of benzene rings is 4. The Morgan fingerprint density at radius 1 is 0.796 bits per heavy atom. The average molecular weight is 753 g/mol. The second-order valence-corrected chi connectivity index (χ2v) is 14.5. The number of hydrogen-bond donors (Lipinski definition) is 1. The quantitative estimate of drug-likeness (QED) is 0.162. The maximum absolute atomic E-state index is 13.8. The second-order valence-electron chi connectivity index (χ2n) is 14.5. The number of aliphatic hydroxyl groups is 1. The highest BCUT2D eigenvalue weighted by Gasteiger charge is 2.42. The first kappa shape index (κ1) is 37.6. The number of imidazole rings is 1. The normalized spacial score (nSPS) is 19.7. The summed E-state index contributed by atoms with van der Waals surface area (Å²) in [5.74, 6) is -0.480. The van der Waals surface area contributed by atoms with Gasteiger partial charge >= 0.3 is 12.4 Å². The third kappa shape index (κ3) is 8.32. The number of amides is 1. The van der Waals surface area contributed by atoms with Crippen LogP contribution in [0.15, 0.2) is 97.1 Å². The number of para-hydroxylation sites is 2. The van der Waals surface area contributed by atoms with Crippen molar-refractivity contribution in [2.24, 2.45) is 0 Å². The zero-order valence-corrected chi connectivity index (χ0v) is 29.3. The molecule has 0 saturated carbocycles. The molecule has 54 heavy (non-hydrogen) atoms. The van der Waals surface area contributed by atoms with Gasteiger partial charge < -0.3 is 19.5 Å². The maximum atomic E-state index is 13.8. The highest BCUT2D eigenvalue weighted by atomic mass is 19.4. The van der Waals surface area contributed by atoms with Crippen LogP contribution in [0, 0.1) is 5.82 Å². The Balaban J connectivity index is 1.08. The Kier molecular flexibility index (Phi) is 10.3. The average Bonchev–Trinajstić information content (AvgIpc) is 3.47. The maximum Gasteiger partial charge on any atom is 0.416 e. The van der Waals surface area contributed by atoms with Crippen LogP contribution >= 0.6 is 0 Å². The minimum Gasteiger partial charge on any atom is -0.389 e. The van der Waals surface area contributed by atoms with E-state index in [1.54, 1.807) is 12.1 Å². The summed E-state index contributed by atoms with van der Waals surface area (Å²) in [5.41, 5.74) is -1.28. The smallest absolute Gasteiger partial charge is 0.389 e. The molecule has 1 amide bonds. The fraction of sp³-hybridized carbons (Fsp3) is 0.366. The predicted molar refractivity (Wildman–Crippen MR) is 189 cm³/mol. The highest BCUT2D eigenvalue weighted by molar-refractivity contribution is 5.95. The number of rotatable bonds is 8. The van der Waals surface area contributed by atoms with Gasteiger partial charge in [0.1, 0.15) is 11.6 Å². The van der Waals surface area contributed by atoms with Gasteiger partial charge in [-0.1, -0.05) is 54.6 Å². The van der Waals surface area contributed by atoms with Crippen LogP contribution in [-0.4, -0.2) is 67.7 Å². The lowest BCUT2D eigenvalue weighted by molar-refractivity contribution is -0.143. The van der Waals surface area contributed by atoms with Crippen LogP contribution in [-0.2, 0) is 31.7 Å². The Morgan fingerprint density at radius 3 is 2.07 bits per heavy atom. The topological polar surface area (TPSA) is 61.6 Å². The lowest BCUT2D eigenvalue weighted by atomic mass is 9.84. The Bertz CT molecular complexity index is 2060. The molecule has 6 nitrogen and oxygen atoms in total. The summed E-state index contributed by atoms with van der Waals surface area (Å²) < 4.78 is 97.7. The number of aromatic nitrogens is 2. The second kappa shape index (κ2) is 14.8. The first-order valence-corrected chi connectivity index (χ1v) is 17.9. The van der Waals surface area contributed by atoms with Crippen molar-refractivity contribution in [3.63, 3.8) is 0 Å². The third-order valence-electron chi connectivity index (χ3n) is 10.8. The summed E-state index contributed by atoms with van der Waals surface area (Å²) in [6.07, 6.45) is -7.66. The van der Waals surface area contributed by atoms with E-state index in [2.05, 4.69) is 9.47 Å². The number of fused-ring (bicyclic) bond motifs is 1. The van der Waals surface area contributed by atoms with Gasteiger partial charge in [-0.15, -0.1) is 0 Å². The largest absolute Gasteiger partial charge is 0.416 e. The summed E-state index contributed by atoms with van der Waals surface area (Å²) in [4.78, 5) is 22.4. The molecule has 13 heteroatoms. The Labute approximate surface area is 307 Å². The molecule has 1 aromatic heterocycles. The van der Waals surface area contributed by atoms with Gasteiger partial charge in [-0.05, 0) is 85.7 Å². The lowest BCUT2D eigenvalue weighted by Crippen LogP contribution is -2.56. The highest BCUT2D eigenvalue weighted by Crippen LogP contribution is 2.38. The van der Waals surface area contributed by atoms with Crippen LogP contribution in [0.3, 0.4) is 0 Å². The Hall–Kier alpha value is -4.75. The van der Waals surface area contributed by atoms with Gasteiger partial charge in [-0.3, -0.25) is 4.79 Å². The summed E-state index contributed by atoms with van der Waals surface area (Å²) >= 11 is 0. The SMILES string of the molecule is O=C(c1cc(C(F)(F)F)cc(C(F)(F)F)c1)N1CC[C@H](N2CCC(O)(Cc3nc4ccccc4n3Cc3ccc(F)cc3)CC2)C[C@@H]1Cc1ccccc1. The molecular formula is C41H39F7N4O2. The summed E-state index contributed by atoms with van der Waals surface area (Å²) in [7, 11) is 0. The number of alkyl halides is 6. The molecule has 0 radical (unpaired) electrons. The number of nitrogens with zero attached hydrogens (tertiary/aromatic N) is 4. The molecular weight excluding hydrogens is 713 g/mol. The molecule has 1 N–H and O–H groups in total. The van der Waals surface area contributed by atoms with E-state index in [4.69, 9.17) is 4.98 Å². The van der Waals surface area contributed by atoms with Crippen molar-refractivity contribution < 1.29 is 40.6 Å². The van der Waals surface area contributed by atoms with Crippen molar-refractivity contribution in [2.75, 3.05) is 19.6 Å². The van der Waals surface area contributed by atoms with Crippen LogP contribution in [0.2, 0.25) is 0 Å². The molecule has 0 unspecified atom stereocenters. The molecule has 0 spiro atoms. The van der Waals surface area contributed by atoms with Crippen molar-refractivity contribution in [2.45, 2.75) is 75.1 Å². The van der Waals surface area contributed by atoms with Gasteiger partial charge in [-0.2, -0.15) is 26.3 Å². The van der Waals surface area contributed by atoms with Crippen LogP contribution in [0.4, 0.5) is 30.7 Å². The number of likely N-dealkylation sites (tertiary alicyclic amines) is 2. The van der Waals surface area contributed by atoms with Crippen molar-refractivity contribution in [1.82, 2.24) is 19.4 Å². The first-order chi connectivity index (χ1) is 25.6. The molecule has 2 aliphatic rings. The zero-order chi connectivity index (χ0) is 38.3. The van der Waals surface area contributed by atoms with E-state index in [0.717, 1.165) is 28.0 Å². The monoisotopic (exact) mass is 752 g/mol. The molecule has 2 atom stereocenters. The molecule has 4 aromatic carbocycles. The first-order valence-electron chi connectivity index (χ1n) is 17.9. The molecule has 2 saturated heterocycles. The van der Waals surface area contributed by atoms with Gasteiger partial charge in [0, 0.05) is 50.2 Å². The minimum absolute atomic E-state index is 0.0254. The van der Waals surface area contributed by atoms with Crippen molar-refractivity contribution in [1.29, 1.82) is 0 Å². The van der Waals surface area contributed by atoms with Gasteiger partial charge in [0.25, 0.3) is 5.91 Å². The van der Waals surface area contributed by atoms with E-state index in [1.807, 2.05) is 54.6 Å². The van der Waals surface area contributed by atoms with Gasteiger partial charge in [0.05, 0.1) is 27.8 Å². The van der Waals surface area contributed by atoms with Crippen molar-refractivity contribution >= 4 is 16.9 Å². The number of carbonyl (C=O) groups is 1. The van der Waals surface area contributed by atoms with Crippen molar-refractivity contribution in [3.8, 4) is 0 Å². The van der Waals surface area contributed by atoms with Gasteiger partial charge in [-0.25, -0.2) is 9.37 Å². The molecule has 7 rings (SSSR count). The molecule has 0 bridgehead atoms. The molecule has 0 aliphatic carbocycles. The standard InChI is InChI=1S/C41H39F7N4O2/c42-32-12-10-28(11-13-32)26-52-36-9-5-4-8-35(36)49-37(52)25-39(54)15-18-50(19-16-39)33-14-17-51(34(24-33)20-27-6-2-1-3-7-27)38(53)29-21-30(40(43,44)45)23-31(22-29)41(46,47)48/h1-13,21-23,33-34,54H,14-20,24-26H2/t33-,34-/m0/s1. The predicted octanol–water partition coefficient (Wildman–Crippen LogP) is 8.55. The molecule has 5 aromatic rings. The van der Waals surface area contributed by atoms with Crippen LogP contribution in [0.1, 0.15) is 64.1 Å². The molecule has 3 heterocycles. The molecule has 2 aliphatic heterocycles. The third-order valence-corrected chi connectivity index (χ3v) is 10.8. The minimum atomic E-state index is -5.07. The number of hydrogen-bond acceptors (Lipinski definition) is 4. The fourth-order valence-electron chi connectivity index (χ4n) is 7.94. The van der Waals surface area contributed by atoms with Gasteiger partial charge in [0.15, 0.2) is 0 Å². The zero-order valence-electron chi connectivity index (χ0n) is 29.3. The van der Waals surface area contributed by atoms with E-state index >= 15 is 0 Å². The number of carbonyl (C=O) groups excluding carboxylic acids is 1. The van der Waals surface area contributed by atoms with Crippen LogP contribution in [0.25, 0.3) is 11.0 Å². The van der Waals surface area contributed by atoms with E-state index in [0.29, 0.717) is 70.3 Å². The van der Waals surface area contributed by atoms with Crippen molar-refractivity contribution in [3.05, 3.63) is 137 Å². The molecule has 284 valence electrons.